The van der Waals surface area contributed by atoms with Gasteiger partial charge in [-0.1, -0.05) is 49.1 Å². The van der Waals surface area contributed by atoms with E-state index in [4.69, 9.17) is 29.6 Å². The third kappa shape index (κ3) is 2.66. The minimum Gasteiger partial charge on any atom is -0.389 e. The Morgan fingerprint density at radius 1 is 1.20 bits per heavy atom. The van der Waals surface area contributed by atoms with Crippen molar-refractivity contribution in [3.63, 3.8) is 0 Å². The number of fused-ring (bicyclic) bond motifs is 1. The summed E-state index contributed by atoms with van der Waals surface area (Å²) in [7, 11) is 0. The second kappa shape index (κ2) is 5.90. The molecule has 2 atom stereocenters. The average molecular weight is 309 g/mol. The van der Waals surface area contributed by atoms with Crippen LogP contribution in [0, 0.1) is 11.8 Å². The van der Waals surface area contributed by atoms with E-state index in [0.29, 0.717) is 10.0 Å². The smallest absolute Gasteiger partial charge is 0.107 e. The van der Waals surface area contributed by atoms with Gasteiger partial charge in [0.05, 0.1) is 10.6 Å². The van der Waals surface area contributed by atoms with E-state index in [2.05, 4.69) is 11.0 Å². The van der Waals surface area contributed by atoms with E-state index in [-0.39, 0.29) is 0 Å². The topological polar surface area (TPSA) is 29.3 Å². The van der Waals surface area contributed by atoms with Gasteiger partial charge < -0.3 is 10.6 Å². The van der Waals surface area contributed by atoms with Gasteiger partial charge in [0.1, 0.15) is 4.99 Å². The maximum absolute atomic E-state index is 6.29. The third-order valence-corrected chi connectivity index (χ3v) is 5.39. The monoisotopic (exact) mass is 308 g/mol. The second-order valence-electron chi connectivity index (χ2n) is 6.04. The maximum atomic E-state index is 6.29. The SMILES string of the molecule is NC(=S)c1c(Cl)cccc1N1CCC2CCCCC2C1. The minimum atomic E-state index is 0.399. The molecule has 0 aromatic heterocycles. The van der Waals surface area contributed by atoms with E-state index in [1.807, 2.05) is 12.1 Å². The Kier molecular flexibility index (Phi) is 4.18. The number of piperidine rings is 1. The van der Waals surface area contributed by atoms with Crippen LogP contribution >= 0.6 is 23.8 Å². The maximum Gasteiger partial charge on any atom is 0.107 e. The van der Waals surface area contributed by atoms with E-state index in [9.17, 15) is 0 Å². The molecule has 108 valence electrons. The first-order chi connectivity index (χ1) is 9.66. The zero-order valence-corrected chi connectivity index (χ0v) is 13.2. The number of thiocarbonyl (C=S) groups is 1. The van der Waals surface area contributed by atoms with Crippen LogP contribution in [-0.4, -0.2) is 18.1 Å². The molecular formula is C16H21ClN2S. The van der Waals surface area contributed by atoms with Gasteiger partial charge in [0.15, 0.2) is 0 Å². The highest BCUT2D eigenvalue weighted by atomic mass is 35.5. The Hall–Kier alpha value is -0.800. The van der Waals surface area contributed by atoms with Gasteiger partial charge in [0.25, 0.3) is 0 Å². The summed E-state index contributed by atoms with van der Waals surface area (Å²) in [5.74, 6) is 1.75. The Morgan fingerprint density at radius 2 is 1.95 bits per heavy atom. The first kappa shape index (κ1) is 14.2. The first-order valence-electron chi connectivity index (χ1n) is 7.50. The van der Waals surface area contributed by atoms with Crippen LogP contribution in [-0.2, 0) is 0 Å². The van der Waals surface area contributed by atoms with E-state index < -0.39 is 0 Å². The molecule has 2 nitrogen and oxygen atoms in total. The largest absolute Gasteiger partial charge is 0.389 e. The quantitative estimate of drug-likeness (QED) is 0.838. The van der Waals surface area contributed by atoms with Crippen molar-refractivity contribution >= 4 is 34.5 Å². The van der Waals surface area contributed by atoms with Crippen LogP contribution < -0.4 is 10.6 Å². The molecule has 2 aliphatic rings. The van der Waals surface area contributed by atoms with Crippen molar-refractivity contribution in [3.05, 3.63) is 28.8 Å². The summed E-state index contributed by atoms with van der Waals surface area (Å²) >= 11 is 11.5. The predicted molar refractivity (Wildman–Crippen MR) is 89.6 cm³/mol. The molecular weight excluding hydrogens is 288 g/mol. The highest BCUT2D eigenvalue weighted by Crippen LogP contribution is 2.39. The van der Waals surface area contributed by atoms with Crippen molar-refractivity contribution in [2.24, 2.45) is 17.6 Å². The van der Waals surface area contributed by atoms with Crippen molar-refractivity contribution in [3.8, 4) is 0 Å². The van der Waals surface area contributed by atoms with E-state index >= 15 is 0 Å². The Balaban J connectivity index is 1.86. The lowest BCUT2D eigenvalue weighted by atomic mass is 9.75. The van der Waals surface area contributed by atoms with Gasteiger partial charge >= 0.3 is 0 Å². The van der Waals surface area contributed by atoms with Crippen LogP contribution in [0.4, 0.5) is 5.69 Å². The Bertz CT molecular complexity index is 517. The van der Waals surface area contributed by atoms with Gasteiger partial charge in [-0.25, -0.2) is 0 Å². The number of hydrogen-bond acceptors (Lipinski definition) is 2. The summed E-state index contributed by atoms with van der Waals surface area (Å²) in [4.78, 5) is 2.84. The molecule has 1 heterocycles. The van der Waals surface area contributed by atoms with Crippen LogP contribution in [0.3, 0.4) is 0 Å². The fourth-order valence-electron chi connectivity index (χ4n) is 3.84. The summed E-state index contributed by atoms with van der Waals surface area (Å²) in [6, 6.07) is 5.96. The van der Waals surface area contributed by atoms with Crippen molar-refractivity contribution in [2.45, 2.75) is 32.1 Å². The summed E-state index contributed by atoms with van der Waals surface area (Å²) in [5, 5.41) is 0.667. The normalized spacial score (nSPS) is 26.1. The minimum absolute atomic E-state index is 0.399. The van der Waals surface area contributed by atoms with Gasteiger partial charge in [0, 0.05) is 18.8 Å². The standard InChI is InChI=1S/C16H21ClN2S/c17-13-6-3-7-14(15(13)16(18)20)19-9-8-11-4-1-2-5-12(11)10-19/h3,6-7,11-12H,1-2,4-5,8-10H2,(H2,18,20). The number of anilines is 1. The highest BCUT2D eigenvalue weighted by molar-refractivity contribution is 7.80. The predicted octanol–water partition coefficient (Wildman–Crippen LogP) is 3.99. The van der Waals surface area contributed by atoms with Crippen molar-refractivity contribution in [2.75, 3.05) is 18.0 Å². The fourth-order valence-corrected chi connectivity index (χ4v) is 4.38. The molecule has 4 heteroatoms. The molecule has 2 unspecified atom stereocenters. The molecule has 1 aliphatic carbocycles. The molecule has 1 aromatic rings. The van der Waals surface area contributed by atoms with E-state index in [0.717, 1.165) is 36.2 Å². The summed E-state index contributed by atoms with van der Waals surface area (Å²) < 4.78 is 0. The van der Waals surface area contributed by atoms with Crippen molar-refractivity contribution in [1.29, 1.82) is 0 Å². The number of benzene rings is 1. The van der Waals surface area contributed by atoms with Crippen LogP contribution in [0.5, 0.6) is 0 Å². The molecule has 1 aromatic carbocycles. The lowest BCUT2D eigenvalue weighted by Crippen LogP contribution is -2.42. The van der Waals surface area contributed by atoms with Gasteiger partial charge in [-0.3, -0.25) is 0 Å². The van der Waals surface area contributed by atoms with Crippen LogP contribution in [0.15, 0.2) is 18.2 Å². The van der Waals surface area contributed by atoms with Crippen molar-refractivity contribution < 1.29 is 0 Å². The number of halogens is 1. The summed E-state index contributed by atoms with van der Waals surface area (Å²) in [5.41, 5.74) is 7.84. The molecule has 1 saturated carbocycles. The Morgan fingerprint density at radius 3 is 2.70 bits per heavy atom. The van der Waals surface area contributed by atoms with Crippen molar-refractivity contribution in [1.82, 2.24) is 0 Å². The third-order valence-electron chi connectivity index (χ3n) is 4.87. The molecule has 1 saturated heterocycles. The number of nitrogens with two attached hydrogens (primary N) is 1. The Labute approximate surface area is 131 Å². The molecule has 0 amide bonds. The van der Waals surface area contributed by atoms with Gasteiger partial charge in [-0.2, -0.15) is 0 Å². The fraction of sp³-hybridized carbons (Fsp3) is 0.562. The molecule has 1 aliphatic heterocycles. The lowest BCUT2D eigenvalue weighted by molar-refractivity contribution is 0.202. The van der Waals surface area contributed by atoms with Gasteiger partial charge in [-0.05, 0) is 36.8 Å². The molecule has 3 rings (SSSR count). The zero-order chi connectivity index (χ0) is 14.1. The summed E-state index contributed by atoms with van der Waals surface area (Å²) in [6.45, 7) is 2.22. The number of hydrogen-bond donors (Lipinski definition) is 1. The van der Waals surface area contributed by atoms with Gasteiger partial charge in [-0.15, -0.1) is 0 Å². The zero-order valence-electron chi connectivity index (χ0n) is 11.6. The molecule has 2 fully saturated rings. The summed E-state index contributed by atoms with van der Waals surface area (Å²) in [6.07, 6.45) is 6.86. The average Bonchev–Trinajstić information content (AvgIpc) is 2.46. The molecule has 0 spiro atoms. The lowest BCUT2D eigenvalue weighted by Gasteiger charge is -2.43. The van der Waals surface area contributed by atoms with E-state index in [1.54, 1.807) is 0 Å². The first-order valence-corrected chi connectivity index (χ1v) is 8.28. The number of rotatable bonds is 2. The second-order valence-corrected chi connectivity index (χ2v) is 6.88. The van der Waals surface area contributed by atoms with Crippen LogP contribution in [0.25, 0.3) is 0 Å². The van der Waals surface area contributed by atoms with Gasteiger partial charge in [0.2, 0.25) is 0 Å². The number of nitrogens with zero attached hydrogens (tertiary/aromatic N) is 1. The van der Waals surface area contributed by atoms with E-state index in [1.165, 1.54) is 32.1 Å². The molecule has 20 heavy (non-hydrogen) atoms. The molecule has 2 N–H and O–H groups in total. The van der Waals surface area contributed by atoms with Crippen LogP contribution in [0.1, 0.15) is 37.7 Å². The molecule has 0 radical (unpaired) electrons. The van der Waals surface area contributed by atoms with Crippen LogP contribution in [0.2, 0.25) is 5.02 Å². The molecule has 0 bridgehead atoms. The highest BCUT2D eigenvalue weighted by Gasteiger charge is 2.32.